The molecule has 1 unspecified atom stereocenters. The van der Waals surface area contributed by atoms with Gasteiger partial charge in [-0.15, -0.1) is 11.3 Å². The average molecular weight is 480 g/mol. The van der Waals surface area contributed by atoms with Gasteiger partial charge < -0.3 is 14.7 Å². The summed E-state index contributed by atoms with van der Waals surface area (Å²) >= 11 is 1.60. The van der Waals surface area contributed by atoms with Gasteiger partial charge in [0.1, 0.15) is 0 Å². The van der Waals surface area contributed by atoms with E-state index in [2.05, 4.69) is 56.4 Å². The highest BCUT2D eigenvalue weighted by molar-refractivity contribution is 7.13. The number of hydrogen-bond donors (Lipinski definition) is 1. The van der Waals surface area contributed by atoms with Gasteiger partial charge in [0.05, 0.1) is 17.5 Å². The van der Waals surface area contributed by atoms with Crippen LogP contribution in [0.2, 0.25) is 0 Å². The van der Waals surface area contributed by atoms with Crippen molar-refractivity contribution in [2.45, 2.75) is 51.6 Å². The standard InChI is InChI=1S/C26H33N5O2S/c1-19(20-7-9-22(10-8-20)31-13-3-2-4-14-31)27-26(32)21-11-15-30(16-12-21)18-24-28-25(29-33-24)23-6-5-17-34-23/h5-10,17,19,21H,2-4,11-16,18H2,1H3,(H,27,32). The van der Waals surface area contributed by atoms with Gasteiger partial charge in [0.25, 0.3) is 0 Å². The van der Waals surface area contributed by atoms with Crippen LogP contribution in [0.3, 0.4) is 0 Å². The number of rotatable bonds is 7. The molecule has 2 saturated heterocycles. The van der Waals surface area contributed by atoms with Crippen molar-refractivity contribution in [2.75, 3.05) is 31.1 Å². The third-order valence-electron chi connectivity index (χ3n) is 7.00. The van der Waals surface area contributed by atoms with Gasteiger partial charge in [-0.1, -0.05) is 23.4 Å². The lowest BCUT2D eigenvalue weighted by Gasteiger charge is -2.31. The fraction of sp³-hybridized carbons (Fsp3) is 0.500. The van der Waals surface area contributed by atoms with Crippen LogP contribution in [0, 0.1) is 5.92 Å². The highest BCUT2D eigenvalue weighted by atomic mass is 32.1. The molecule has 2 aliphatic rings. The van der Waals surface area contributed by atoms with E-state index in [4.69, 9.17) is 4.52 Å². The Kier molecular flexibility index (Phi) is 7.25. The first-order chi connectivity index (χ1) is 16.7. The number of thiophene rings is 1. The summed E-state index contributed by atoms with van der Waals surface area (Å²) in [6.45, 7) is 6.71. The molecule has 4 heterocycles. The van der Waals surface area contributed by atoms with Crippen LogP contribution in [-0.4, -0.2) is 47.1 Å². The number of nitrogens with zero attached hydrogens (tertiary/aromatic N) is 4. The molecular formula is C26H33N5O2S. The lowest BCUT2D eigenvalue weighted by Crippen LogP contribution is -2.41. The zero-order chi connectivity index (χ0) is 23.3. The molecule has 2 fully saturated rings. The number of benzene rings is 1. The van der Waals surface area contributed by atoms with Crippen LogP contribution in [-0.2, 0) is 11.3 Å². The van der Waals surface area contributed by atoms with Crippen LogP contribution in [0.1, 0.15) is 56.5 Å². The second kappa shape index (κ2) is 10.7. The monoisotopic (exact) mass is 479 g/mol. The van der Waals surface area contributed by atoms with Gasteiger partial charge in [-0.25, -0.2) is 0 Å². The number of carbonyl (C=O) groups excluding carboxylic acids is 1. The largest absolute Gasteiger partial charge is 0.372 e. The predicted octanol–water partition coefficient (Wildman–Crippen LogP) is 4.88. The maximum absolute atomic E-state index is 12.9. The molecule has 180 valence electrons. The Morgan fingerprint density at radius 3 is 2.59 bits per heavy atom. The fourth-order valence-electron chi connectivity index (χ4n) is 4.91. The molecule has 0 spiro atoms. The maximum Gasteiger partial charge on any atom is 0.241 e. The average Bonchev–Trinajstić information content (AvgIpc) is 3.57. The molecule has 7 nitrogen and oxygen atoms in total. The summed E-state index contributed by atoms with van der Waals surface area (Å²) in [6.07, 6.45) is 5.58. The van der Waals surface area contributed by atoms with E-state index in [1.807, 2.05) is 17.5 Å². The van der Waals surface area contributed by atoms with Crippen molar-refractivity contribution < 1.29 is 9.32 Å². The van der Waals surface area contributed by atoms with Crippen molar-refractivity contribution in [3.05, 3.63) is 53.2 Å². The quantitative estimate of drug-likeness (QED) is 0.521. The number of hydrogen-bond acceptors (Lipinski definition) is 7. The molecule has 2 aromatic heterocycles. The number of piperidine rings is 2. The highest BCUT2D eigenvalue weighted by Gasteiger charge is 2.27. The zero-order valence-corrected chi connectivity index (χ0v) is 20.6. The maximum atomic E-state index is 12.9. The molecule has 1 aromatic carbocycles. The molecule has 0 aliphatic carbocycles. The van der Waals surface area contributed by atoms with E-state index >= 15 is 0 Å². The molecule has 0 saturated carbocycles. The van der Waals surface area contributed by atoms with Gasteiger partial charge in [-0.05, 0) is 81.3 Å². The first-order valence-electron chi connectivity index (χ1n) is 12.4. The minimum absolute atomic E-state index is 0.00926. The van der Waals surface area contributed by atoms with E-state index < -0.39 is 0 Å². The molecule has 2 aliphatic heterocycles. The Hall–Kier alpha value is -2.71. The van der Waals surface area contributed by atoms with E-state index in [0.29, 0.717) is 18.3 Å². The Bertz CT molecular complexity index is 1050. The molecular weight excluding hydrogens is 446 g/mol. The molecule has 34 heavy (non-hydrogen) atoms. The first-order valence-corrected chi connectivity index (χ1v) is 13.3. The third kappa shape index (κ3) is 5.50. The summed E-state index contributed by atoms with van der Waals surface area (Å²) < 4.78 is 5.44. The topological polar surface area (TPSA) is 74.5 Å². The van der Waals surface area contributed by atoms with Crippen molar-refractivity contribution in [2.24, 2.45) is 5.92 Å². The van der Waals surface area contributed by atoms with Crippen molar-refractivity contribution in [1.29, 1.82) is 0 Å². The zero-order valence-electron chi connectivity index (χ0n) is 19.8. The fourth-order valence-corrected chi connectivity index (χ4v) is 5.56. The number of likely N-dealkylation sites (tertiary alicyclic amines) is 1. The van der Waals surface area contributed by atoms with Crippen molar-refractivity contribution in [3.63, 3.8) is 0 Å². The second-order valence-electron chi connectivity index (χ2n) is 9.41. The van der Waals surface area contributed by atoms with Gasteiger partial charge in [0.15, 0.2) is 0 Å². The van der Waals surface area contributed by atoms with Gasteiger partial charge in [0, 0.05) is 24.7 Å². The Morgan fingerprint density at radius 1 is 1.12 bits per heavy atom. The molecule has 5 rings (SSSR count). The number of anilines is 1. The molecule has 0 bridgehead atoms. The molecule has 1 amide bonds. The number of amides is 1. The normalized spacial score (nSPS) is 18.7. The van der Waals surface area contributed by atoms with Crippen molar-refractivity contribution in [1.82, 2.24) is 20.4 Å². The van der Waals surface area contributed by atoms with Crippen molar-refractivity contribution >= 4 is 22.9 Å². The summed E-state index contributed by atoms with van der Waals surface area (Å²) in [7, 11) is 0. The van der Waals surface area contributed by atoms with Crippen LogP contribution in [0.4, 0.5) is 5.69 Å². The second-order valence-corrected chi connectivity index (χ2v) is 10.4. The van der Waals surface area contributed by atoms with Gasteiger partial charge >= 0.3 is 0 Å². The minimum Gasteiger partial charge on any atom is -0.372 e. The summed E-state index contributed by atoms with van der Waals surface area (Å²) in [5.41, 5.74) is 2.45. The lowest BCUT2D eigenvalue weighted by atomic mass is 9.95. The smallest absolute Gasteiger partial charge is 0.241 e. The van der Waals surface area contributed by atoms with Crippen LogP contribution < -0.4 is 10.2 Å². The van der Waals surface area contributed by atoms with Crippen LogP contribution >= 0.6 is 11.3 Å². The molecule has 8 heteroatoms. The van der Waals surface area contributed by atoms with Gasteiger partial charge in [0.2, 0.25) is 17.6 Å². The van der Waals surface area contributed by atoms with Gasteiger partial charge in [-0.2, -0.15) is 4.98 Å². The summed E-state index contributed by atoms with van der Waals surface area (Å²) in [5.74, 6) is 1.49. The van der Waals surface area contributed by atoms with Crippen LogP contribution in [0.25, 0.3) is 10.7 Å². The minimum atomic E-state index is 0.00926. The van der Waals surface area contributed by atoms with Crippen LogP contribution in [0.15, 0.2) is 46.3 Å². The number of aromatic nitrogens is 2. The predicted molar refractivity (Wildman–Crippen MR) is 135 cm³/mol. The first kappa shape index (κ1) is 23.1. The number of nitrogens with one attached hydrogen (secondary N) is 1. The number of carbonyl (C=O) groups is 1. The third-order valence-corrected chi connectivity index (χ3v) is 7.87. The summed E-state index contributed by atoms with van der Waals surface area (Å²) in [5, 5.41) is 9.34. The van der Waals surface area contributed by atoms with E-state index in [9.17, 15) is 4.79 Å². The van der Waals surface area contributed by atoms with E-state index in [-0.39, 0.29) is 17.9 Å². The lowest BCUT2D eigenvalue weighted by molar-refractivity contribution is -0.127. The summed E-state index contributed by atoms with van der Waals surface area (Å²) in [6, 6.07) is 12.7. The molecule has 3 aromatic rings. The summed E-state index contributed by atoms with van der Waals surface area (Å²) in [4.78, 5) is 23.2. The van der Waals surface area contributed by atoms with Crippen LogP contribution in [0.5, 0.6) is 0 Å². The van der Waals surface area contributed by atoms with E-state index in [1.54, 1.807) is 11.3 Å². The SMILES string of the molecule is CC(NC(=O)C1CCN(Cc2nc(-c3cccs3)no2)CC1)c1ccc(N2CCCCC2)cc1. The van der Waals surface area contributed by atoms with E-state index in [0.717, 1.165) is 49.5 Å². The Morgan fingerprint density at radius 2 is 1.88 bits per heavy atom. The molecule has 0 radical (unpaired) electrons. The van der Waals surface area contributed by atoms with Gasteiger partial charge in [-0.3, -0.25) is 9.69 Å². The molecule has 1 N–H and O–H groups in total. The highest BCUT2D eigenvalue weighted by Crippen LogP contribution is 2.25. The van der Waals surface area contributed by atoms with Crippen molar-refractivity contribution in [3.8, 4) is 10.7 Å². The Labute approximate surface area is 205 Å². The molecule has 1 atom stereocenters. The Balaban J connectivity index is 1.08. The van der Waals surface area contributed by atoms with E-state index in [1.165, 1.54) is 24.9 Å².